The highest BCUT2D eigenvalue weighted by Gasteiger charge is 2.32. The van der Waals surface area contributed by atoms with Gasteiger partial charge in [0.25, 0.3) is 0 Å². The number of nitrogen functional groups attached to an aromatic ring is 1. The van der Waals surface area contributed by atoms with Gasteiger partial charge in [0.15, 0.2) is 5.78 Å². The fraction of sp³-hybridized carbons (Fsp3) is 0.538. The zero-order valence-electron chi connectivity index (χ0n) is 20.9. The van der Waals surface area contributed by atoms with E-state index in [4.69, 9.17) is 11.1 Å². The van der Waals surface area contributed by atoms with Crippen molar-refractivity contribution in [2.45, 2.75) is 32.6 Å². The van der Waals surface area contributed by atoms with E-state index in [9.17, 15) is 4.79 Å². The molecule has 36 heavy (non-hydrogen) atoms. The van der Waals surface area contributed by atoms with Gasteiger partial charge in [-0.1, -0.05) is 0 Å². The van der Waals surface area contributed by atoms with Crippen LogP contribution >= 0.6 is 15.9 Å². The number of hydrogen-bond donors (Lipinski definition) is 3. The van der Waals surface area contributed by atoms with Gasteiger partial charge in [-0.05, 0) is 79.3 Å². The number of rotatable bonds is 9. The van der Waals surface area contributed by atoms with E-state index in [0.29, 0.717) is 17.2 Å². The summed E-state index contributed by atoms with van der Waals surface area (Å²) < 4.78 is 0.185. The molecular weight excluding hydrogens is 520 g/mol. The number of piperazine rings is 1. The number of hydrogen-bond acceptors (Lipinski definition) is 9. The fourth-order valence-electron chi connectivity index (χ4n) is 5.29. The van der Waals surface area contributed by atoms with Gasteiger partial charge in [-0.25, -0.2) is 9.97 Å². The Morgan fingerprint density at radius 3 is 2.47 bits per heavy atom. The highest BCUT2D eigenvalue weighted by atomic mass is 79.9. The molecule has 2 aromatic rings. The number of halogens is 1. The van der Waals surface area contributed by atoms with Crippen LogP contribution in [0.5, 0.6) is 0 Å². The molecule has 5 rings (SSSR count). The van der Waals surface area contributed by atoms with Crippen LogP contribution in [-0.4, -0.2) is 77.6 Å². The Morgan fingerprint density at radius 2 is 1.81 bits per heavy atom. The lowest BCUT2D eigenvalue weighted by Crippen LogP contribution is -2.47. The first-order valence-electron chi connectivity index (χ1n) is 12.9. The summed E-state index contributed by atoms with van der Waals surface area (Å²) in [6, 6.07) is 4.16. The summed E-state index contributed by atoms with van der Waals surface area (Å²) >= 11 is 3.24. The van der Waals surface area contributed by atoms with E-state index in [1.807, 2.05) is 0 Å². The smallest absolute Gasteiger partial charge is 0.166 e. The van der Waals surface area contributed by atoms with Gasteiger partial charge in [0.05, 0.1) is 5.56 Å². The number of carbonyl (C=O) groups is 1. The van der Waals surface area contributed by atoms with Crippen molar-refractivity contribution < 1.29 is 4.79 Å². The summed E-state index contributed by atoms with van der Waals surface area (Å²) in [5.74, 6) is 1.45. The van der Waals surface area contributed by atoms with Crippen LogP contribution in [0.3, 0.4) is 0 Å². The molecule has 1 saturated carbocycles. The Hall–Kier alpha value is -2.72. The second-order valence-corrected chi connectivity index (χ2v) is 10.8. The van der Waals surface area contributed by atoms with Crippen LogP contribution in [0.1, 0.15) is 47.2 Å². The SMILES string of the molecule is Cc1c(NCCN2CCCC2)cc(C(=O)C2CC2)cc1N1CCN(c2ncnc(N)c2C(=N)Br)CC1. The van der Waals surface area contributed by atoms with Crippen LogP contribution in [-0.2, 0) is 0 Å². The third-order valence-corrected chi connectivity index (χ3v) is 7.95. The minimum atomic E-state index is 0.185. The monoisotopic (exact) mass is 554 g/mol. The number of nitrogens with one attached hydrogen (secondary N) is 2. The van der Waals surface area contributed by atoms with Crippen LogP contribution in [0, 0.1) is 18.3 Å². The minimum Gasteiger partial charge on any atom is -0.383 e. The molecule has 0 amide bonds. The van der Waals surface area contributed by atoms with Crippen LogP contribution in [0.15, 0.2) is 18.5 Å². The number of aromatic nitrogens is 2. The van der Waals surface area contributed by atoms with Crippen molar-refractivity contribution in [3.63, 3.8) is 0 Å². The molecule has 0 unspecified atom stereocenters. The van der Waals surface area contributed by atoms with E-state index in [1.54, 1.807) is 0 Å². The van der Waals surface area contributed by atoms with Crippen molar-refractivity contribution in [2.24, 2.45) is 5.92 Å². The van der Waals surface area contributed by atoms with Gasteiger partial charge in [0.1, 0.15) is 22.6 Å². The number of benzene rings is 1. The quantitative estimate of drug-likeness (QED) is 0.318. The van der Waals surface area contributed by atoms with E-state index in [-0.39, 0.29) is 16.3 Å². The molecular formula is C26H35BrN8O. The largest absolute Gasteiger partial charge is 0.383 e. The third kappa shape index (κ3) is 5.34. The molecule has 3 aliphatic rings. The van der Waals surface area contributed by atoms with E-state index >= 15 is 0 Å². The number of likely N-dealkylation sites (tertiary alicyclic amines) is 1. The molecule has 2 saturated heterocycles. The number of nitrogens with zero attached hydrogens (tertiary/aromatic N) is 5. The van der Waals surface area contributed by atoms with E-state index in [2.05, 4.69) is 65.0 Å². The van der Waals surface area contributed by atoms with Gasteiger partial charge in [0, 0.05) is 62.1 Å². The maximum Gasteiger partial charge on any atom is 0.166 e. The topological polar surface area (TPSA) is 114 Å². The summed E-state index contributed by atoms with van der Waals surface area (Å²) in [6.45, 7) is 9.48. The predicted molar refractivity (Wildman–Crippen MR) is 149 cm³/mol. The highest BCUT2D eigenvalue weighted by molar-refractivity contribution is 9.18. The predicted octanol–water partition coefficient (Wildman–Crippen LogP) is 3.51. The Labute approximate surface area is 221 Å². The van der Waals surface area contributed by atoms with Gasteiger partial charge in [0.2, 0.25) is 0 Å². The first kappa shape index (κ1) is 25.0. The minimum absolute atomic E-state index is 0.185. The fourth-order valence-corrected chi connectivity index (χ4v) is 5.67. The van der Waals surface area contributed by atoms with E-state index in [0.717, 1.165) is 69.0 Å². The molecule has 0 spiro atoms. The molecule has 3 heterocycles. The van der Waals surface area contributed by atoms with Crippen molar-refractivity contribution in [2.75, 3.05) is 73.2 Å². The molecule has 1 aromatic carbocycles. The zero-order chi connectivity index (χ0) is 25.2. The molecule has 2 aliphatic heterocycles. The van der Waals surface area contributed by atoms with Crippen molar-refractivity contribution >= 4 is 49.3 Å². The lowest BCUT2D eigenvalue weighted by atomic mass is 10.0. The van der Waals surface area contributed by atoms with Crippen LogP contribution in [0.25, 0.3) is 0 Å². The lowest BCUT2D eigenvalue weighted by Gasteiger charge is -2.38. The maximum atomic E-state index is 13.0. The van der Waals surface area contributed by atoms with Gasteiger partial charge in [-0.3, -0.25) is 10.2 Å². The van der Waals surface area contributed by atoms with Gasteiger partial charge < -0.3 is 25.8 Å². The summed E-state index contributed by atoms with van der Waals surface area (Å²) in [7, 11) is 0. The van der Waals surface area contributed by atoms with E-state index < -0.39 is 0 Å². The second kappa shape index (κ2) is 10.7. The summed E-state index contributed by atoms with van der Waals surface area (Å²) in [5.41, 5.74) is 10.8. The lowest BCUT2D eigenvalue weighted by molar-refractivity contribution is 0.0967. The molecule has 0 atom stereocenters. The number of carbonyl (C=O) groups excluding carboxylic acids is 1. The van der Waals surface area contributed by atoms with Crippen LogP contribution < -0.4 is 20.9 Å². The number of nitrogens with two attached hydrogens (primary N) is 1. The van der Waals surface area contributed by atoms with Crippen molar-refractivity contribution in [1.82, 2.24) is 14.9 Å². The number of ketones is 1. The standard InChI is InChI=1S/C26H35BrN8O/c1-17-20(30-6-9-33-7-2-3-8-33)14-19(23(36)18-4-5-18)15-21(17)34-10-12-35(13-11-34)26-22(24(27)28)25(29)31-16-32-26/h14-16,18,28,30H,2-13H2,1H3,(H2,29,31,32). The van der Waals surface area contributed by atoms with Crippen LogP contribution in [0.4, 0.5) is 23.0 Å². The molecule has 1 aliphatic carbocycles. The van der Waals surface area contributed by atoms with Gasteiger partial charge in [-0.2, -0.15) is 0 Å². The Bertz CT molecular complexity index is 1140. The summed E-state index contributed by atoms with van der Waals surface area (Å²) in [4.78, 5) is 28.6. The third-order valence-electron chi connectivity index (χ3n) is 7.55. The van der Waals surface area contributed by atoms with Crippen LogP contribution in [0.2, 0.25) is 0 Å². The Morgan fingerprint density at radius 1 is 1.11 bits per heavy atom. The molecule has 3 fully saturated rings. The average molecular weight is 556 g/mol. The van der Waals surface area contributed by atoms with E-state index in [1.165, 1.54) is 37.8 Å². The second-order valence-electron chi connectivity index (χ2n) is 10.0. The number of Topliss-reactive ketones (excluding diaryl/α,β-unsaturated/α-hetero) is 1. The van der Waals surface area contributed by atoms with Crippen molar-refractivity contribution in [1.29, 1.82) is 5.41 Å². The molecule has 0 bridgehead atoms. The molecule has 4 N–H and O–H groups in total. The molecule has 1 aromatic heterocycles. The molecule has 9 nitrogen and oxygen atoms in total. The van der Waals surface area contributed by atoms with Gasteiger partial charge >= 0.3 is 0 Å². The number of anilines is 4. The van der Waals surface area contributed by atoms with Gasteiger partial charge in [-0.15, -0.1) is 0 Å². The zero-order valence-corrected chi connectivity index (χ0v) is 22.5. The van der Waals surface area contributed by atoms with Crippen molar-refractivity contribution in [3.05, 3.63) is 35.2 Å². The first-order valence-corrected chi connectivity index (χ1v) is 13.7. The van der Waals surface area contributed by atoms with Crippen molar-refractivity contribution in [3.8, 4) is 0 Å². The summed E-state index contributed by atoms with van der Waals surface area (Å²) in [6.07, 6.45) is 6.05. The Balaban J connectivity index is 1.34. The molecule has 0 radical (unpaired) electrons. The highest BCUT2D eigenvalue weighted by Crippen LogP contribution is 2.37. The summed E-state index contributed by atoms with van der Waals surface area (Å²) in [5, 5.41) is 11.7. The maximum absolute atomic E-state index is 13.0. The average Bonchev–Trinajstić information content (AvgIpc) is 3.60. The Kier molecular flexibility index (Phi) is 7.43. The molecule has 10 heteroatoms. The first-order chi connectivity index (χ1) is 17.4. The normalized spacial score (nSPS) is 18.5. The molecule has 192 valence electrons.